The Kier molecular flexibility index (Phi) is 3.22. The Morgan fingerprint density at radius 3 is 2.27 bits per heavy atom. The lowest BCUT2D eigenvalue weighted by Gasteiger charge is -2.24. The van der Waals surface area contributed by atoms with Crippen molar-refractivity contribution in [2.75, 3.05) is 0 Å². The van der Waals surface area contributed by atoms with E-state index in [1.165, 1.54) is 5.57 Å². The smallest absolute Gasteiger partial charge is 0.163 e. The van der Waals surface area contributed by atoms with Gasteiger partial charge < -0.3 is 10.2 Å². The molecule has 15 heavy (non-hydrogen) atoms. The molecule has 0 radical (unpaired) electrons. The summed E-state index contributed by atoms with van der Waals surface area (Å²) < 4.78 is 0. The molecule has 2 nitrogen and oxygen atoms in total. The van der Waals surface area contributed by atoms with Crippen LogP contribution in [-0.4, -0.2) is 16.5 Å². The third kappa shape index (κ3) is 2.80. The molecule has 1 atom stereocenters. The third-order valence-corrected chi connectivity index (χ3v) is 2.78. The van der Waals surface area contributed by atoms with E-state index in [1.54, 1.807) is 6.92 Å². The van der Waals surface area contributed by atoms with Crippen LogP contribution in [0.2, 0.25) is 0 Å². The Morgan fingerprint density at radius 1 is 1.20 bits per heavy atom. The molecule has 0 amide bonds. The van der Waals surface area contributed by atoms with Gasteiger partial charge in [0.2, 0.25) is 0 Å². The van der Waals surface area contributed by atoms with Gasteiger partial charge in [-0.3, -0.25) is 0 Å². The van der Waals surface area contributed by atoms with E-state index in [9.17, 15) is 10.2 Å². The zero-order valence-corrected chi connectivity index (χ0v) is 9.86. The number of rotatable bonds is 1. The van der Waals surface area contributed by atoms with Crippen molar-refractivity contribution in [3.63, 3.8) is 0 Å². The zero-order chi connectivity index (χ0) is 11.7. The maximum Gasteiger partial charge on any atom is 0.163 e. The lowest BCUT2D eigenvalue weighted by atomic mass is 9.84. The lowest BCUT2D eigenvalue weighted by molar-refractivity contribution is -0.0913. The summed E-state index contributed by atoms with van der Waals surface area (Å²) in [6, 6.07) is 0. The van der Waals surface area contributed by atoms with Crippen LogP contribution in [0.5, 0.6) is 0 Å². The van der Waals surface area contributed by atoms with E-state index >= 15 is 0 Å². The Bertz CT molecular complexity index is 316. The van der Waals surface area contributed by atoms with Crippen LogP contribution in [0, 0.1) is 10.8 Å². The average Bonchev–Trinajstić information content (AvgIpc) is 2.26. The van der Waals surface area contributed by atoms with Crippen LogP contribution in [0.15, 0.2) is 36.0 Å². The predicted molar refractivity (Wildman–Crippen MR) is 62.2 cm³/mol. The quantitative estimate of drug-likeness (QED) is 0.650. The molecular weight excluding hydrogens is 188 g/mol. The van der Waals surface area contributed by atoms with Gasteiger partial charge in [-0.1, -0.05) is 51.2 Å². The Labute approximate surface area is 91.6 Å². The first kappa shape index (κ1) is 12.2. The maximum absolute atomic E-state index is 9.28. The Balaban J connectivity index is 3.00. The molecule has 1 aliphatic carbocycles. The topological polar surface area (TPSA) is 40.5 Å². The molecule has 0 aromatic rings. The standard InChI is InChI=1S/C13H20O2/c1-12(2,3)10-6-5-8-13(4,9-7-10)11(14)15/h5-9,11,14-15H,1-4H3. The van der Waals surface area contributed by atoms with Crippen molar-refractivity contribution in [2.24, 2.45) is 10.8 Å². The first-order chi connectivity index (χ1) is 6.76. The van der Waals surface area contributed by atoms with Crippen LogP contribution < -0.4 is 0 Å². The minimum absolute atomic E-state index is 0.0759. The van der Waals surface area contributed by atoms with E-state index in [1.807, 2.05) is 30.4 Å². The molecule has 0 fully saturated rings. The van der Waals surface area contributed by atoms with Gasteiger partial charge in [0, 0.05) is 0 Å². The third-order valence-electron chi connectivity index (χ3n) is 2.78. The van der Waals surface area contributed by atoms with Gasteiger partial charge in [0.05, 0.1) is 5.41 Å². The van der Waals surface area contributed by atoms with Gasteiger partial charge in [0.15, 0.2) is 6.29 Å². The second-order valence-electron chi connectivity index (χ2n) is 5.30. The van der Waals surface area contributed by atoms with E-state index in [-0.39, 0.29) is 5.41 Å². The highest BCUT2D eigenvalue weighted by Crippen LogP contribution is 2.32. The second kappa shape index (κ2) is 3.95. The summed E-state index contributed by atoms with van der Waals surface area (Å²) in [7, 11) is 0. The molecule has 0 aromatic heterocycles. The van der Waals surface area contributed by atoms with Crippen molar-refractivity contribution in [2.45, 2.75) is 34.0 Å². The van der Waals surface area contributed by atoms with Gasteiger partial charge in [-0.25, -0.2) is 0 Å². The van der Waals surface area contributed by atoms with Gasteiger partial charge in [-0.05, 0) is 17.9 Å². The highest BCUT2D eigenvalue weighted by molar-refractivity contribution is 5.34. The number of hydrogen-bond donors (Lipinski definition) is 2. The summed E-state index contributed by atoms with van der Waals surface area (Å²) in [6.07, 6.45) is 8.17. The van der Waals surface area contributed by atoms with Gasteiger partial charge in [-0.15, -0.1) is 0 Å². The molecule has 0 saturated carbocycles. The van der Waals surface area contributed by atoms with Gasteiger partial charge >= 0.3 is 0 Å². The largest absolute Gasteiger partial charge is 0.367 e. The van der Waals surface area contributed by atoms with E-state index in [4.69, 9.17) is 0 Å². The summed E-state index contributed by atoms with van der Waals surface area (Å²) in [4.78, 5) is 0. The Hall–Kier alpha value is -0.860. The molecule has 0 aromatic carbocycles. The van der Waals surface area contributed by atoms with Crippen LogP contribution in [0.4, 0.5) is 0 Å². The molecule has 0 bridgehead atoms. The molecular formula is C13H20O2. The summed E-state index contributed by atoms with van der Waals surface area (Å²) in [5, 5.41) is 18.6. The fraction of sp³-hybridized carbons (Fsp3) is 0.538. The maximum atomic E-state index is 9.28. The molecule has 2 N–H and O–H groups in total. The lowest BCUT2D eigenvalue weighted by Crippen LogP contribution is -2.27. The minimum Gasteiger partial charge on any atom is -0.367 e. The van der Waals surface area contributed by atoms with E-state index in [0.717, 1.165) is 0 Å². The van der Waals surface area contributed by atoms with Gasteiger partial charge in [0.25, 0.3) is 0 Å². The summed E-state index contributed by atoms with van der Waals surface area (Å²) in [5.41, 5.74) is 0.568. The van der Waals surface area contributed by atoms with Crippen molar-refractivity contribution in [1.82, 2.24) is 0 Å². The van der Waals surface area contributed by atoms with Crippen LogP contribution in [-0.2, 0) is 0 Å². The molecule has 84 valence electrons. The highest BCUT2D eigenvalue weighted by Gasteiger charge is 2.27. The fourth-order valence-electron chi connectivity index (χ4n) is 1.41. The molecule has 0 saturated heterocycles. The molecule has 1 rings (SSSR count). The predicted octanol–water partition coefficient (Wildman–Crippen LogP) is 2.40. The Morgan fingerprint density at radius 2 is 1.80 bits per heavy atom. The molecule has 0 spiro atoms. The van der Waals surface area contributed by atoms with Crippen LogP contribution >= 0.6 is 0 Å². The van der Waals surface area contributed by atoms with Crippen LogP contribution in [0.1, 0.15) is 27.7 Å². The molecule has 1 unspecified atom stereocenters. The number of allylic oxidation sites excluding steroid dienone is 4. The van der Waals surface area contributed by atoms with Crippen molar-refractivity contribution in [1.29, 1.82) is 0 Å². The summed E-state index contributed by atoms with van der Waals surface area (Å²) >= 11 is 0. The van der Waals surface area contributed by atoms with Gasteiger partial charge in [0.1, 0.15) is 0 Å². The summed E-state index contributed by atoms with van der Waals surface area (Å²) in [5.74, 6) is 0. The molecule has 0 aliphatic heterocycles. The first-order valence-corrected chi connectivity index (χ1v) is 5.21. The van der Waals surface area contributed by atoms with Crippen molar-refractivity contribution >= 4 is 0 Å². The van der Waals surface area contributed by atoms with Crippen molar-refractivity contribution < 1.29 is 10.2 Å². The molecule has 1 aliphatic rings. The minimum atomic E-state index is -1.36. The zero-order valence-electron chi connectivity index (χ0n) is 9.86. The van der Waals surface area contributed by atoms with E-state index < -0.39 is 11.7 Å². The first-order valence-electron chi connectivity index (χ1n) is 5.21. The normalized spacial score (nSPS) is 26.7. The number of hydrogen-bond acceptors (Lipinski definition) is 2. The summed E-state index contributed by atoms with van der Waals surface area (Å²) in [6.45, 7) is 8.20. The average molecular weight is 208 g/mol. The van der Waals surface area contributed by atoms with Crippen LogP contribution in [0.3, 0.4) is 0 Å². The van der Waals surface area contributed by atoms with E-state index in [0.29, 0.717) is 0 Å². The number of aliphatic hydroxyl groups is 2. The van der Waals surface area contributed by atoms with Gasteiger partial charge in [-0.2, -0.15) is 0 Å². The molecule has 2 heteroatoms. The number of aliphatic hydroxyl groups excluding tert-OH is 1. The van der Waals surface area contributed by atoms with Crippen LogP contribution in [0.25, 0.3) is 0 Å². The second-order valence-corrected chi connectivity index (χ2v) is 5.30. The molecule has 0 heterocycles. The van der Waals surface area contributed by atoms with Crippen molar-refractivity contribution in [3.8, 4) is 0 Å². The monoisotopic (exact) mass is 208 g/mol. The van der Waals surface area contributed by atoms with Crippen molar-refractivity contribution in [3.05, 3.63) is 36.0 Å². The highest BCUT2D eigenvalue weighted by atomic mass is 16.5. The van der Waals surface area contributed by atoms with E-state index in [2.05, 4.69) is 20.8 Å². The fourth-order valence-corrected chi connectivity index (χ4v) is 1.41. The SMILES string of the molecule is CC(C)(C)C1=CC=CC(C)(C(O)O)C=C1.